The molecule has 0 amide bonds. The van der Waals surface area contributed by atoms with Crippen LogP contribution in [0.3, 0.4) is 0 Å². The fourth-order valence-electron chi connectivity index (χ4n) is 2.22. The van der Waals surface area contributed by atoms with Gasteiger partial charge in [0.25, 0.3) is 5.82 Å². The molecule has 0 saturated carbocycles. The Morgan fingerprint density at radius 1 is 1.25 bits per heavy atom. The minimum absolute atomic E-state index is 0.0979. The summed E-state index contributed by atoms with van der Waals surface area (Å²) in [5.74, 6) is -2.11. The van der Waals surface area contributed by atoms with Gasteiger partial charge in [0.2, 0.25) is 0 Å². The summed E-state index contributed by atoms with van der Waals surface area (Å²) in [6.45, 7) is 0. The number of esters is 1. The number of rotatable bonds is 2. The molecule has 3 rings (SSSR count). The second-order valence-electron chi connectivity index (χ2n) is 4.80. The molecule has 0 aliphatic carbocycles. The second-order valence-corrected chi connectivity index (χ2v) is 5.72. The van der Waals surface area contributed by atoms with Crippen LogP contribution in [-0.4, -0.2) is 27.7 Å². The van der Waals surface area contributed by atoms with Gasteiger partial charge in [-0.05, 0) is 24.3 Å². The van der Waals surface area contributed by atoms with Gasteiger partial charge in [0.05, 0.1) is 12.8 Å². The molecule has 24 heavy (non-hydrogen) atoms. The van der Waals surface area contributed by atoms with Crippen LogP contribution < -0.4 is 0 Å². The van der Waals surface area contributed by atoms with Crippen molar-refractivity contribution in [2.45, 2.75) is 6.18 Å². The van der Waals surface area contributed by atoms with Crippen molar-refractivity contribution in [2.24, 2.45) is 0 Å². The molecule has 2 aromatic heterocycles. The lowest BCUT2D eigenvalue weighted by atomic mass is 10.1. The van der Waals surface area contributed by atoms with E-state index in [-0.39, 0.29) is 11.2 Å². The maximum Gasteiger partial charge on any atom is 0.453 e. The third-order valence-corrected chi connectivity index (χ3v) is 3.76. The van der Waals surface area contributed by atoms with E-state index in [9.17, 15) is 18.0 Å². The lowest BCUT2D eigenvalue weighted by Gasteiger charge is -2.07. The highest BCUT2D eigenvalue weighted by atomic mass is 79.9. The van der Waals surface area contributed by atoms with E-state index in [1.807, 2.05) is 0 Å². The van der Waals surface area contributed by atoms with Gasteiger partial charge in [-0.3, -0.25) is 0 Å². The molecule has 0 bridgehead atoms. The van der Waals surface area contributed by atoms with E-state index in [0.29, 0.717) is 11.3 Å². The van der Waals surface area contributed by atoms with Crippen LogP contribution in [0.25, 0.3) is 16.9 Å². The van der Waals surface area contributed by atoms with Gasteiger partial charge < -0.3 is 4.74 Å². The third-order valence-electron chi connectivity index (χ3n) is 3.26. The van der Waals surface area contributed by atoms with Gasteiger partial charge in [0.1, 0.15) is 5.56 Å². The molecular formula is C15H9BrF3N3O2. The third kappa shape index (κ3) is 2.86. The largest absolute Gasteiger partial charge is 0.465 e. The minimum atomic E-state index is -4.73. The minimum Gasteiger partial charge on any atom is -0.465 e. The fraction of sp³-hybridized carbons (Fsp3) is 0.133. The molecule has 1 aromatic carbocycles. The van der Waals surface area contributed by atoms with Gasteiger partial charge >= 0.3 is 12.1 Å². The number of hydrogen-bond acceptors (Lipinski definition) is 4. The number of ether oxygens (including phenoxy) is 1. The monoisotopic (exact) mass is 399 g/mol. The van der Waals surface area contributed by atoms with Crippen LogP contribution in [0.2, 0.25) is 0 Å². The quantitative estimate of drug-likeness (QED) is 0.612. The van der Waals surface area contributed by atoms with Crippen molar-refractivity contribution in [1.82, 2.24) is 14.6 Å². The van der Waals surface area contributed by atoms with Crippen LogP contribution in [0, 0.1) is 0 Å². The Morgan fingerprint density at radius 2 is 2.00 bits per heavy atom. The number of methoxy groups -OCH3 is 1. The molecule has 0 saturated heterocycles. The summed E-state index contributed by atoms with van der Waals surface area (Å²) < 4.78 is 45.3. The second kappa shape index (κ2) is 5.90. The van der Waals surface area contributed by atoms with Crippen molar-refractivity contribution in [2.75, 3.05) is 7.11 Å². The van der Waals surface area contributed by atoms with Gasteiger partial charge in [-0.15, -0.1) is 5.10 Å². The summed E-state index contributed by atoms with van der Waals surface area (Å²) in [5, 5.41) is 3.52. The molecule has 3 aromatic rings. The van der Waals surface area contributed by atoms with Gasteiger partial charge in [-0.1, -0.05) is 28.1 Å². The molecule has 0 radical (unpaired) electrons. The van der Waals surface area contributed by atoms with Crippen LogP contribution in [0.4, 0.5) is 13.2 Å². The summed E-state index contributed by atoms with van der Waals surface area (Å²) in [4.78, 5) is 15.3. The van der Waals surface area contributed by atoms with Crippen molar-refractivity contribution in [3.8, 4) is 11.3 Å². The molecule has 0 aliphatic heterocycles. The highest BCUT2D eigenvalue weighted by Gasteiger charge is 2.37. The van der Waals surface area contributed by atoms with E-state index in [0.717, 1.165) is 16.1 Å². The molecule has 124 valence electrons. The summed E-state index contributed by atoms with van der Waals surface area (Å²) in [6, 6.07) is 9.82. The smallest absolute Gasteiger partial charge is 0.453 e. The molecule has 0 spiro atoms. The van der Waals surface area contributed by atoms with E-state index in [2.05, 4.69) is 30.7 Å². The number of pyridine rings is 1. The Kier molecular flexibility index (Phi) is 4.04. The first-order valence-electron chi connectivity index (χ1n) is 6.62. The zero-order valence-corrected chi connectivity index (χ0v) is 13.7. The zero-order chi connectivity index (χ0) is 17.5. The molecule has 0 N–H and O–H groups in total. The average molecular weight is 400 g/mol. The predicted molar refractivity (Wildman–Crippen MR) is 82.5 cm³/mol. The molecule has 0 unspecified atom stereocenters. The molecule has 2 heterocycles. The van der Waals surface area contributed by atoms with Crippen LogP contribution in [-0.2, 0) is 10.9 Å². The summed E-state index contributed by atoms with van der Waals surface area (Å²) >= 11 is 3.31. The fourth-order valence-corrected chi connectivity index (χ4v) is 2.62. The zero-order valence-electron chi connectivity index (χ0n) is 12.1. The number of fused-ring (bicyclic) bond motifs is 1. The lowest BCUT2D eigenvalue weighted by molar-refractivity contribution is -0.144. The Morgan fingerprint density at radius 3 is 2.62 bits per heavy atom. The Labute approximate surface area is 142 Å². The number of hydrogen-bond donors (Lipinski definition) is 0. The first-order chi connectivity index (χ1) is 11.3. The van der Waals surface area contributed by atoms with Gasteiger partial charge in [-0.25, -0.2) is 14.3 Å². The Balaban J connectivity index is 2.32. The standard InChI is InChI=1S/C15H9BrF3N3O2/c1-24-13(23)10-5-6-11(8-3-2-4-9(16)7-8)22-12(10)20-14(21-22)15(17,18)19/h2-7H,1H3. The highest BCUT2D eigenvalue weighted by Crippen LogP contribution is 2.30. The first kappa shape index (κ1) is 16.4. The molecule has 0 fully saturated rings. The number of carbonyl (C=O) groups is 1. The number of alkyl halides is 3. The van der Waals surface area contributed by atoms with Crippen LogP contribution >= 0.6 is 15.9 Å². The molecule has 5 nitrogen and oxygen atoms in total. The van der Waals surface area contributed by atoms with Crippen LogP contribution in [0.5, 0.6) is 0 Å². The van der Waals surface area contributed by atoms with Crippen LogP contribution in [0.15, 0.2) is 40.9 Å². The molecular weight excluding hydrogens is 391 g/mol. The van der Waals surface area contributed by atoms with Crippen molar-refractivity contribution >= 4 is 27.5 Å². The van der Waals surface area contributed by atoms with Crippen molar-refractivity contribution in [3.05, 3.63) is 52.3 Å². The highest BCUT2D eigenvalue weighted by molar-refractivity contribution is 9.10. The lowest BCUT2D eigenvalue weighted by Crippen LogP contribution is -2.07. The summed E-state index contributed by atoms with van der Waals surface area (Å²) in [5.41, 5.74) is 0.664. The summed E-state index contributed by atoms with van der Waals surface area (Å²) in [6.07, 6.45) is -4.73. The van der Waals surface area contributed by atoms with Gasteiger partial charge in [0.15, 0.2) is 5.65 Å². The Bertz CT molecular complexity index is 937. The SMILES string of the molecule is COC(=O)c1ccc(-c2cccc(Br)c2)n2nc(C(F)(F)F)nc12. The number of nitrogens with zero attached hydrogens (tertiary/aromatic N) is 3. The number of carbonyl (C=O) groups excluding carboxylic acids is 1. The van der Waals surface area contributed by atoms with E-state index >= 15 is 0 Å². The van der Waals surface area contributed by atoms with Crippen LogP contribution in [0.1, 0.15) is 16.2 Å². The van der Waals surface area contributed by atoms with Gasteiger partial charge in [0, 0.05) is 10.0 Å². The van der Waals surface area contributed by atoms with Crippen molar-refractivity contribution in [1.29, 1.82) is 0 Å². The molecule has 0 aliphatic rings. The van der Waals surface area contributed by atoms with E-state index < -0.39 is 18.0 Å². The Hall–Kier alpha value is -2.42. The average Bonchev–Trinajstić information content (AvgIpc) is 2.98. The topological polar surface area (TPSA) is 56.5 Å². The number of halogens is 4. The van der Waals surface area contributed by atoms with Crippen molar-refractivity contribution in [3.63, 3.8) is 0 Å². The van der Waals surface area contributed by atoms with E-state index in [1.54, 1.807) is 24.3 Å². The number of benzene rings is 1. The normalized spacial score (nSPS) is 11.7. The first-order valence-corrected chi connectivity index (χ1v) is 7.42. The van der Waals surface area contributed by atoms with Crippen molar-refractivity contribution < 1.29 is 22.7 Å². The molecule has 9 heteroatoms. The van der Waals surface area contributed by atoms with E-state index in [4.69, 9.17) is 0 Å². The maximum atomic E-state index is 13.0. The van der Waals surface area contributed by atoms with E-state index in [1.165, 1.54) is 12.1 Å². The molecule has 0 atom stereocenters. The summed E-state index contributed by atoms with van der Waals surface area (Å²) in [7, 11) is 1.14. The van der Waals surface area contributed by atoms with Gasteiger partial charge in [-0.2, -0.15) is 13.2 Å². The number of aromatic nitrogens is 3. The predicted octanol–water partition coefficient (Wildman–Crippen LogP) is 3.96. The maximum absolute atomic E-state index is 13.0.